The lowest BCUT2D eigenvalue weighted by Crippen LogP contribution is -2.45. The molecule has 0 bridgehead atoms. The van der Waals surface area contributed by atoms with E-state index in [1.54, 1.807) is 19.3 Å². The first-order valence-electron chi connectivity index (χ1n) is 6.99. The summed E-state index contributed by atoms with van der Waals surface area (Å²) in [7, 11) is 0. The molecular weight excluding hydrogens is 286 g/mol. The van der Waals surface area contributed by atoms with Crippen LogP contribution in [-0.4, -0.2) is 21.9 Å². The summed E-state index contributed by atoms with van der Waals surface area (Å²) in [6.07, 6.45) is 5.19. The summed E-state index contributed by atoms with van der Waals surface area (Å²) in [5.41, 5.74) is 2.27. The number of benzene rings is 1. The minimum absolute atomic E-state index is 0.149. The first-order valence-corrected chi connectivity index (χ1v) is 7.37. The van der Waals surface area contributed by atoms with Gasteiger partial charge in [0.2, 0.25) is 0 Å². The van der Waals surface area contributed by atoms with Gasteiger partial charge in [-0.1, -0.05) is 23.7 Å². The summed E-state index contributed by atoms with van der Waals surface area (Å²) >= 11 is 5.91. The fourth-order valence-corrected chi connectivity index (χ4v) is 2.77. The lowest BCUT2D eigenvalue weighted by molar-refractivity contribution is 0.0898. The molecule has 3 rings (SSSR count). The normalized spacial score (nSPS) is 20.7. The maximum Gasteiger partial charge on any atom is 0.271 e. The van der Waals surface area contributed by atoms with Gasteiger partial charge in [0.25, 0.3) is 5.91 Å². The Morgan fingerprint density at radius 3 is 2.52 bits per heavy atom. The Kier molecular flexibility index (Phi) is 3.88. The SMILES string of the molecule is Cc1nccnc1C(=O)NC1CCC1c1ccc(Cl)cc1. The molecular formula is C16H16ClN3O. The summed E-state index contributed by atoms with van der Waals surface area (Å²) in [6, 6.07) is 7.99. The van der Waals surface area contributed by atoms with Crippen LogP contribution >= 0.6 is 11.6 Å². The Bertz CT molecular complexity index is 657. The van der Waals surface area contributed by atoms with E-state index in [0.29, 0.717) is 17.3 Å². The molecule has 2 unspecified atom stereocenters. The van der Waals surface area contributed by atoms with E-state index in [-0.39, 0.29) is 11.9 Å². The predicted octanol–water partition coefficient (Wildman–Crippen LogP) is 3.11. The number of amides is 1. The highest BCUT2D eigenvalue weighted by atomic mass is 35.5. The van der Waals surface area contributed by atoms with Crippen molar-refractivity contribution in [3.05, 3.63) is 58.6 Å². The van der Waals surface area contributed by atoms with Crippen LogP contribution in [0, 0.1) is 6.92 Å². The Hall–Kier alpha value is -1.94. The third kappa shape index (κ3) is 2.90. The second-order valence-corrected chi connectivity index (χ2v) is 5.74. The molecule has 1 saturated carbocycles. The van der Waals surface area contributed by atoms with Crippen molar-refractivity contribution in [2.75, 3.05) is 0 Å². The lowest BCUT2D eigenvalue weighted by Gasteiger charge is -2.37. The zero-order chi connectivity index (χ0) is 14.8. The van der Waals surface area contributed by atoms with E-state index in [4.69, 9.17) is 11.6 Å². The summed E-state index contributed by atoms with van der Waals surface area (Å²) < 4.78 is 0. The number of hydrogen-bond donors (Lipinski definition) is 1. The molecule has 1 aromatic carbocycles. The molecule has 2 aromatic rings. The molecule has 1 fully saturated rings. The van der Waals surface area contributed by atoms with E-state index < -0.39 is 0 Å². The van der Waals surface area contributed by atoms with Gasteiger partial charge >= 0.3 is 0 Å². The topological polar surface area (TPSA) is 54.9 Å². The molecule has 1 amide bonds. The average Bonchev–Trinajstić information content (AvgIpc) is 2.46. The number of rotatable bonds is 3. The van der Waals surface area contributed by atoms with Crippen molar-refractivity contribution in [3.8, 4) is 0 Å². The van der Waals surface area contributed by atoms with Crippen LogP contribution in [0.15, 0.2) is 36.7 Å². The molecule has 108 valence electrons. The number of halogens is 1. The molecule has 4 nitrogen and oxygen atoms in total. The molecule has 0 saturated heterocycles. The van der Waals surface area contributed by atoms with Crippen molar-refractivity contribution in [2.24, 2.45) is 0 Å². The number of carbonyl (C=O) groups is 1. The van der Waals surface area contributed by atoms with Crippen LogP contribution in [0.3, 0.4) is 0 Å². The first kappa shape index (κ1) is 14.0. The highest BCUT2D eigenvalue weighted by Gasteiger charge is 2.33. The summed E-state index contributed by atoms with van der Waals surface area (Å²) in [4.78, 5) is 20.5. The largest absolute Gasteiger partial charge is 0.347 e. The van der Waals surface area contributed by atoms with E-state index in [2.05, 4.69) is 15.3 Å². The molecule has 1 aliphatic rings. The van der Waals surface area contributed by atoms with Gasteiger partial charge in [-0.05, 0) is 37.5 Å². The number of carbonyl (C=O) groups excluding carboxylic acids is 1. The summed E-state index contributed by atoms with van der Waals surface area (Å²) in [6.45, 7) is 1.79. The first-order chi connectivity index (χ1) is 10.1. The third-order valence-corrected chi connectivity index (χ3v) is 4.24. The van der Waals surface area contributed by atoms with Gasteiger partial charge in [-0.2, -0.15) is 0 Å². The van der Waals surface area contributed by atoms with Crippen molar-refractivity contribution in [2.45, 2.75) is 31.7 Å². The van der Waals surface area contributed by atoms with Crippen molar-refractivity contribution in [1.82, 2.24) is 15.3 Å². The highest BCUT2D eigenvalue weighted by Crippen LogP contribution is 2.37. The van der Waals surface area contributed by atoms with Gasteiger partial charge in [-0.3, -0.25) is 9.78 Å². The van der Waals surface area contributed by atoms with Crippen molar-refractivity contribution in [3.63, 3.8) is 0 Å². The van der Waals surface area contributed by atoms with Gasteiger partial charge in [0, 0.05) is 29.4 Å². The van der Waals surface area contributed by atoms with Gasteiger partial charge in [-0.15, -0.1) is 0 Å². The molecule has 21 heavy (non-hydrogen) atoms. The van der Waals surface area contributed by atoms with Crippen molar-refractivity contribution in [1.29, 1.82) is 0 Å². The molecule has 1 aromatic heterocycles. The highest BCUT2D eigenvalue weighted by molar-refractivity contribution is 6.30. The van der Waals surface area contributed by atoms with Crippen LogP contribution in [0.2, 0.25) is 5.02 Å². The van der Waals surface area contributed by atoms with E-state index >= 15 is 0 Å². The van der Waals surface area contributed by atoms with Crippen LogP contribution in [0.25, 0.3) is 0 Å². The zero-order valence-corrected chi connectivity index (χ0v) is 12.5. The molecule has 0 radical (unpaired) electrons. The average molecular weight is 302 g/mol. The minimum Gasteiger partial charge on any atom is -0.347 e. The van der Waals surface area contributed by atoms with Gasteiger partial charge in [0.15, 0.2) is 0 Å². The second-order valence-electron chi connectivity index (χ2n) is 5.31. The Balaban J connectivity index is 1.70. The van der Waals surface area contributed by atoms with Gasteiger partial charge in [-0.25, -0.2) is 4.98 Å². The maximum absolute atomic E-state index is 12.3. The molecule has 2 atom stereocenters. The lowest BCUT2D eigenvalue weighted by atomic mass is 9.75. The maximum atomic E-state index is 12.3. The molecule has 1 N–H and O–H groups in total. The zero-order valence-electron chi connectivity index (χ0n) is 11.7. The van der Waals surface area contributed by atoms with E-state index in [9.17, 15) is 4.79 Å². The third-order valence-electron chi connectivity index (χ3n) is 3.99. The van der Waals surface area contributed by atoms with Crippen LogP contribution in [0.4, 0.5) is 0 Å². The van der Waals surface area contributed by atoms with Crippen molar-refractivity contribution < 1.29 is 4.79 Å². The van der Waals surface area contributed by atoms with E-state index in [1.165, 1.54) is 5.56 Å². The fourth-order valence-electron chi connectivity index (χ4n) is 2.65. The molecule has 0 spiro atoms. The van der Waals surface area contributed by atoms with Crippen LogP contribution in [0.1, 0.15) is 40.5 Å². The van der Waals surface area contributed by atoms with Crippen LogP contribution < -0.4 is 5.32 Å². The number of nitrogens with zero attached hydrogens (tertiary/aromatic N) is 2. The molecule has 5 heteroatoms. The molecule has 1 aliphatic carbocycles. The predicted molar refractivity (Wildman–Crippen MR) is 81.5 cm³/mol. The summed E-state index contributed by atoms with van der Waals surface area (Å²) in [5.74, 6) is 0.201. The molecule has 1 heterocycles. The fraction of sp³-hybridized carbons (Fsp3) is 0.312. The second kappa shape index (κ2) is 5.82. The Morgan fingerprint density at radius 1 is 1.19 bits per heavy atom. The summed E-state index contributed by atoms with van der Waals surface area (Å²) in [5, 5.41) is 3.79. The van der Waals surface area contributed by atoms with Crippen LogP contribution in [0.5, 0.6) is 0 Å². The van der Waals surface area contributed by atoms with E-state index in [0.717, 1.165) is 17.9 Å². The number of aryl methyl sites for hydroxylation is 1. The van der Waals surface area contributed by atoms with Gasteiger partial charge in [0.1, 0.15) is 5.69 Å². The molecule has 0 aliphatic heterocycles. The number of aromatic nitrogens is 2. The van der Waals surface area contributed by atoms with Crippen molar-refractivity contribution >= 4 is 17.5 Å². The minimum atomic E-state index is -0.149. The van der Waals surface area contributed by atoms with Gasteiger partial charge in [0.05, 0.1) is 5.69 Å². The number of nitrogens with one attached hydrogen (secondary N) is 1. The smallest absolute Gasteiger partial charge is 0.271 e. The standard InChI is InChI=1S/C16H16ClN3O/c1-10-15(19-9-8-18-10)16(21)20-14-7-6-13(14)11-2-4-12(17)5-3-11/h2-5,8-9,13-14H,6-7H2,1H3,(H,20,21). The quantitative estimate of drug-likeness (QED) is 0.947. The Labute approximate surface area is 128 Å². The van der Waals surface area contributed by atoms with Crippen LogP contribution in [-0.2, 0) is 0 Å². The van der Waals surface area contributed by atoms with E-state index in [1.807, 2.05) is 24.3 Å². The Morgan fingerprint density at radius 2 is 1.90 bits per heavy atom. The number of hydrogen-bond acceptors (Lipinski definition) is 3. The monoisotopic (exact) mass is 301 g/mol. The van der Waals surface area contributed by atoms with Gasteiger partial charge < -0.3 is 5.32 Å².